The number of H-pyrrole nitrogens is 1. The second kappa shape index (κ2) is 4.57. The van der Waals surface area contributed by atoms with Crippen LogP contribution in [-0.2, 0) is 6.42 Å². The summed E-state index contributed by atoms with van der Waals surface area (Å²) in [5.74, 6) is 1.50. The number of nitrogens with one attached hydrogen (secondary N) is 2. The fourth-order valence-electron chi connectivity index (χ4n) is 2.64. The van der Waals surface area contributed by atoms with Crippen LogP contribution in [0, 0.1) is 0 Å². The Morgan fingerprint density at radius 1 is 1.30 bits per heavy atom. The predicted molar refractivity (Wildman–Crippen MR) is 78.3 cm³/mol. The number of imidazole rings is 1. The summed E-state index contributed by atoms with van der Waals surface area (Å²) in [4.78, 5) is 13.8. The van der Waals surface area contributed by atoms with Crippen LogP contribution in [-0.4, -0.2) is 28.6 Å². The SMILES string of the molecule is COc1ccc2[nH]c(C3NCCc4sccc43)nc2n1. The van der Waals surface area contributed by atoms with E-state index in [1.807, 2.05) is 23.5 Å². The Bertz CT molecular complexity index is 763. The smallest absolute Gasteiger partial charge is 0.215 e. The lowest BCUT2D eigenvalue weighted by atomic mass is 10.0. The molecule has 5 nitrogen and oxygen atoms in total. The summed E-state index contributed by atoms with van der Waals surface area (Å²) in [6, 6.07) is 6.10. The van der Waals surface area contributed by atoms with Gasteiger partial charge < -0.3 is 15.0 Å². The molecule has 3 aromatic heterocycles. The Labute approximate surface area is 120 Å². The summed E-state index contributed by atoms with van der Waals surface area (Å²) in [7, 11) is 1.61. The van der Waals surface area contributed by atoms with Gasteiger partial charge in [-0.3, -0.25) is 0 Å². The molecule has 1 unspecified atom stereocenters. The zero-order valence-electron chi connectivity index (χ0n) is 11.0. The molecule has 20 heavy (non-hydrogen) atoms. The van der Waals surface area contributed by atoms with Crippen molar-refractivity contribution in [1.29, 1.82) is 0 Å². The van der Waals surface area contributed by atoms with E-state index >= 15 is 0 Å². The number of thiophene rings is 1. The number of hydrogen-bond donors (Lipinski definition) is 2. The van der Waals surface area contributed by atoms with E-state index in [2.05, 4.69) is 31.7 Å². The van der Waals surface area contributed by atoms with Crippen LogP contribution >= 0.6 is 11.3 Å². The first-order chi connectivity index (χ1) is 9.85. The highest BCUT2D eigenvalue weighted by atomic mass is 32.1. The molecule has 0 spiro atoms. The van der Waals surface area contributed by atoms with Crippen LogP contribution in [0.4, 0.5) is 0 Å². The zero-order chi connectivity index (χ0) is 13.5. The Hall–Kier alpha value is -1.92. The van der Waals surface area contributed by atoms with Gasteiger partial charge in [0.05, 0.1) is 18.7 Å². The fraction of sp³-hybridized carbons (Fsp3) is 0.286. The van der Waals surface area contributed by atoms with E-state index in [1.54, 1.807) is 7.11 Å². The number of rotatable bonds is 2. The summed E-state index contributed by atoms with van der Waals surface area (Å²) in [5.41, 5.74) is 2.96. The number of fused-ring (bicyclic) bond motifs is 2. The van der Waals surface area contributed by atoms with E-state index in [0.717, 1.165) is 24.3 Å². The van der Waals surface area contributed by atoms with Gasteiger partial charge in [-0.05, 0) is 29.5 Å². The van der Waals surface area contributed by atoms with Gasteiger partial charge in [0, 0.05) is 17.5 Å². The first kappa shape index (κ1) is 11.9. The molecule has 4 rings (SSSR count). The fourth-order valence-corrected chi connectivity index (χ4v) is 3.56. The third-order valence-corrected chi connectivity index (χ3v) is 4.61. The molecular formula is C14H14N4OS. The number of pyridine rings is 1. The van der Waals surface area contributed by atoms with Crippen LogP contribution in [0.3, 0.4) is 0 Å². The molecule has 0 saturated heterocycles. The van der Waals surface area contributed by atoms with Gasteiger partial charge in [-0.2, -0.15) is 4.98 Å². The number of hydrogen-bond acceptors (Lipinski definition) is 5. The van der Waals surface area contributed by atoms with E-state index in [0.29, 0.717) is 11.5 Å². The first-order valence-electron chi connectivity index (χ1n) is 6.55. The second-order valence-electron chi connectivity index (χ2n) is 4.78. The summed E-state index contributed by atoms with van der Waals surface area (Å²) in [5, 5.41) is 5.67. The lowest BCUT2D eigenvalue weighted by Gasteiger charge is -2.22. The van der Waals surface area contributed by atoms with Gasteiger partial charge in [-0.25, -0.2) is 4.98 Å². The summed E-state index contributed by atoms with van der Waals surface area (Å²) >= 11 is 1.82. The maximum atomic E-state index is 5.14. The Kier molecular flexibility index (Phi) is 2.71. The van der Waals surface area contributed by atoms with Crippen LogP contribution in [0.5, 0.6) is 5.88 Å². The molecule has 0 amide bonds. The van der Waals surface area contributed by atoms with Crippen LogP contribution in [0.2, 0.25) is 0 Å². The molecule has 2 N–H and O–H groups in total. The lowest BCUT2D eigenvalue weighted by Crippen LogP contribution is -2.30. The molecule has 6 heteroatoms. The molecule has 1 aliphatic heterocycles. The summed E-state index contributed by atoms with van der Waals surface area (Å²) in [6.07, 6.45) is 1.09. The van der Waals surface area contributed by atoms with E-state index in [-0.39, 0.29) is 6.04 Å². The first-order valence-corrected chi connectivity index (χ1v) is 7.43. The summed E-state index contributed by atoms with van der Waals surface area (Å²) in [6.45, 7) is 0.978. The largest absolute Gasteiger partial charge is 0.481 e. The Balaban J connectivity index is 1.80. The molecular weight excluding hydrogens is 272 g/mol. The number of methoxy groups -OCH3 is 1. The minimum absolute atomic E-state index is 0.130. The van der Waals surface area contributed by atoms with Crippen molar-refractivity contribution in [1.82, 2.24) is 20.3 Å². The van der Waals surface area contributed by atoms with Crippen molar-refractivity contribution in [3.05, 3.63) is 39.8 Å². The topological polar surface area (TPSA) is 62.8 Å². The van der Waals surface area contributed by atoms with Gasteiger partial charge in [0.2, 0.25) is 5.88 Å². The van der Waals surface area contributed by atoms with Crippen LogP contribution in [0.1, 0.15) is 22.3 Å². The van der Waals surface area contributed by atoms with Gasteiger partial charge >= 0.3 is 0 Å². The van der Waals surface area contributed by atoms with Crippen LogP contribution in [0.15, 0.2) is 23.6 Å². The molecule has 102 valence electrons. The molecule has 0 saturated carbocycles. The van der Waals surface area contributed by atoms with Gasteiger partial charge in [0.15, 0.2) is 5.65 Å². The maximum Gasteiger partial charge on any atom is 0.215 e. The number of ether oxygens (including phenoxy) is 1. The van der Waals surface area contributed by atoms with Crippen molar-refractivity contribution in [2.24, 2.45) is 0 Å². The monoisotopic (exact) mass is 286 g/mol. The van der Waals surface area contributed by atoms with Crippen molar-refractivity contribution in [2.45, 2.75) is 12.5 Å². The van der Waals surface area contributed by atoms with Crippen molar-refractivity contribution in [3.8, 4) is 5.88 Å². The average Bonchev–Trinajstić information content (AvgIpc) is 3.12. The number of nitrogens with zero attached hydrogens (tertiary/aromatic N) is 2. The number of aromatic amines is 1. The summed E-state index contributed by atoms with van der Waals surface area (Å²) < 4.78 is 5.14. The van der Waals surface area contributed by atoms with Crippen molar-refractivity contribution in [2.75, 3.05) is 13.7 Å². The van der Waals surface area contributed by atoms with Crippen molar-refractivity contribution < 1.29 is 4.74 Å². The third kappa shape index (κ3) is 1.80. The normalized spacial score (nSPS) is 18.1. The zero-order valence-corrected chi connectivity index (χ0v) is 11.8. The van der Waals surface area contributed by atoms with Crippen LogP contribution in [0.25, 0.3) is 11.2 Å². The quantitative estimate of drug-likeness (QED) is 0.758. The highest BCUT2D eigenvalue weighted by Gasteiger charge is 2.25. The molecule has 0 radical (unpaired) electrons. The number of aromatic nitrogens is 3. The van der Waals surface area contributed by atoms with Crippen molar-refractivity contribution in [3.63, 3.8) is 0 Å². The third-order valence-electron chi connectivity index (χ3n) is 3.61. The second-order valence-corrected chi connectivity index (χ2v) is 5.78. The van der Waals surface area contributed by atoms with Gasteiger partial charge in [-0.1, -0.05) is 0 Å². The molecule has 1 aliphatic rings. The molecule has 3 aromatic rings. The predicted octanol–water partition coefficient (Wildman–Crippen LogP) is 2.26. The minimum atomic E-state index is 0.130. The minimum Gasteiger partial charge on any atom is -0.481 e. The molecule has 0 aromatic carbocycles. The standard InChI is InChI=1S/C14H14N4OS/c1-19-11-3-2-9-13(17-11)18-14(16-9)12-8-5-7-20-10(8)4-6-15-12/h2-3,5,7,12,15H,4,6H2,1H3,(H,16,17,18). The van der Waals surface area contributed by atoms with Gasteiger partial charge in [0.25, 0.3) is 0 Å². The molecule has 1 atom stereocenters. The van der Waals surface area contributed by atoms with Crippen molar-refractivity contribution >= 4 is 22.5 Å². The highest BCUT2D eigenvalue weighted by molar-refractivity contribution is 7.10. The Morgan fingerprint density at radius 3 is 3.15 bits per heavy atom. The van der Waals surface area contributed by atoms with E-state index in [4.69, 9.17) is 4.74 Å². The van der Waals surface area contributed by atoms with E-state index < -0.39 is 0 Å². The van der Waals surface area contributed by atoms with E-state index in [9.17, 15) is 0 Å². The highest BCUT2D eigenvalue weighted by Crippen LogP contribution is 2.31. The van der Waals surface area contributed by atoms with Gasteiger partial charge in [0.1, 0.15) is 5.82 Å². The molecule has 0 bridgehead atoms. The van der Waals surface area contributed by atoms with E-state index in [1.165, 1.54) is 10.4 Å². The molecule has 0 fully saturated rings. The lowest BCUT2D eigenvalue weighted by molar-refractivity contribution is 0.399. The maximum absolute atomic E-state index is 5.14. The molecule has 4 heterocycles. The van der Waals surface area contributed by atoms with Crippen LogP contribution < -0.4 is 10.1 Å². The van der Waals surface area contributed by atoms with Gasteiger partial charge in [-0.15, -0.1) is 11.3 Å². The molecule has 0 aliphatic carbocycles. The average molecular weight is 286 g/mol. The Morgan fingerprint density at radius 2 is 2.25 bits per heavy atom.